The smallest absolute Gasteiger partial charge is 0.242 e. The second-order valence-electron chi connectivity index (χ2n) is 10.9. The van der Waals surface area contributed by atoms with Gasteiger partial charge in [0.25, 0.3) is 0 Å². The van der Waals surface area contributed by atoms with Crippen LogP contribution in [0, 0.1) is 17.3 Å². The number of hydrogen-bond acceptors (Lipinski definition) is 4. The van der Waals surface area contributed by atoms with Gasteiger partial charge in [0.15, 0.2) is 0 Å². The summed E-state index contributed by atoms with van der Waals surface area (Å²) in [6, 6.07) is 8.82. The van der Waals surface area contributed by atoms with Crippen molar-refractivity contribution in [1.29, 1.82) is 0 Å². The number of hydrogen-bond donors (Lipinski definition) is 4. The normalized spacial score (nSPS) is 29.3. The van der Waals surface area contributed by atoms with Gasteiger partial charge in [0.05, 0.1) is 18.1 Å². The molecule has 4 N–H and O–H groups in total. The van der Waals surface area contributed by atoms with Crippen LogP contribution in [0.4, 0.5) is 0 Å². The monoisotopic (exact) mass is 485 g/mol. The average molecular weight is 486 g/mol. The predicted molar refractivity (Wildman–Crippen MR) is 136 cm³/mol. The zero-order chi connectivity index (χ0) is 25.3. The zero-order valence-corrected chi connectivity index (χ0v) is 21.4. The molecule has 7 nitrogen and oxygen atoms in total. The van der Waals surface area contributed by atoms with Crippen LogP contribution in [0.1, 0.15) is 77.2 Å². The predicted octanol–water partition coefficient (Wildman–Crippen LogP) is 3.10. The molecule has 0 saturated carbocycles. The second-order valence-corrected chi connectivity index (χ2v) is 10.9. The standard InChI is InChI=1S/C28H43N3O4/c1-20(2)16-24-26(34)30-23(19-32)18-28(14-15-29-27(28)35)13-9-4-3-8-12-22(25(33)31-24)17-21-10-6-5-7-11-21/h5-7,10-11,20,22-24,32H,3-4,8-9,12-19H2,1-2H3,(H,29,35)(H,30,34)(H,31,33)/t22?,23?,24-,28?/m0/s1. The molecule has 1 aromatic carbocycles. The fourth-order valence-electron chi connectivity index (χ4n) is 5.61. The van der Waals surface area contributed by atoms with Crippen LogP contribution in [0.3, 0.4) is 0 Å². The highest BCUT2D eigenvalue weighted by Crippen LogP contribution is 2.38. The molecule has 0 bridgehead atoms. The first-order chi connectivity index (χ1) is 16.8. The van der Waals surface area contributed by atoms with Gasteiger partial charge in [0.2, 0.25) is 17.7 Å². The van der Waals surface area contributed by atoms with Crippen molar-refractivity contribution in [2.24, 2.45) is 17.3 Å². The number of nitrogens with one attached hydrogen (secondary N) is 3. The lowest BCUT2D eigenvalue weighted by Gasteiger charge is -2.31. The van der Waals surface area contributed by atoms with E-state index in [1.165, 1.54) is 0 Å². The summed E-state index contributed by atoms with van der Waals surface area (Å²) in [4.78, 5) is 39.5. The summed E-state index contributed by atoms with van der Waals surface area (Å²) in [6.45, 7) is 4.45. The van der Waals surface area contributed by atoms with Crippen LogP contribution in [0.25, 0.3) is 0 Å². The first kappa shape index (κ1) is 27.2. The third-order valence-electron chi connectivity index (χ3n) is 7.57. The zero-order valence-electron chi connectivity index (χ0n) is 21.4. The van der Waals surface area contributed by atoms with Crippen LogP contribution < -0.4 is 16.0 Å². The van der Waals surface area contributed by atoms with Gasteiger partial charge in [-0.05, 0) is 50.0 Å². The van der Waals surface area contributed by atoms with Crippen molar-refractivity contribution < 1.29 is 19.5 Å². The Balaban J connectivity index is 1.82. The van der Waals surface area contributed by atoms with E-state index < -0.39 is 17.5 Å². The van der Waals surface area contributed by atoms with Crippen molar-refractivity contribution in [3.63, 3.8) is 0 Å². The lowest BCUT2D eigenvalue weighted by Crippen LogP contribution is -2.53. The van der Waals surface area contributed by atoms with Crippen LogP contribution in [0.5, 0.6) is 0 Å². The van der Waals surface area contributed by atoms with Gasteiger partial charge >= 0.3 is 0 Å². The van der Waals surface area contributed by atoms with Crippen molar-refractivity contribution in [2.75, 3.05) is 13.2 Å². The maximum atomic E-state index is 13.4. The van der Waals surface area contributed by atoms with Crippen LogP contribution in [-0.2, 0) is 20.8 Å². The molecule has 3 amide bonds. The van der Waals surface area contributed by atoms with Gasteiger partial charge in [-0.3, -0.25) is 14.4 Å². The molecule has 7 heteroatoms. The minimum atomic E-state index is -0.673. The number of rotatable bonds is 5. The average Bonchev–Trinajstić information content (AvgIpc) is 3.18. The summed E-state index contributed by atoms with van der Waals surface area (Å²) in [6.07, 6.45) is 7.68. The molecule has 35 heavy (non-hydrogen) atoms. The molecule has 2 saturated heterocycles. The Bertz CT molecular complexity index is 844. The van der Waals surface area contributed by atoms with E-state index >= 15 is 0 Å². The van der Waals surface area contributed by atoms with E-state index in [4.69, 9.17) is 0 Å². The highest BCUT2D eigenvalue weighted by atomic mass is 16.3. The fourth-order valence-corrected chi connectivity index (χ4v) is 5.61. The number of aliphatic hydroxyl groups excluding tert-OH is 1. The lowest BCUT2D eigenvalue weighted by atomic mass is 9.75. The molecule has 0 radical (unpaired) electrons. The molecule has 1 aromatic rings. The second kappa shape index (κ2) is 13.1. The van der Waals surface area contributed by atoms with Gasteiger partial charge in [-0.1, -0.05) is 69.9 Å². The molecule has 0 aromatic heterocycles. The molecule has 0 aliphatic carbocycles. The molecule has 4 atom stereocenters. The molecule has 2 heterocycles. The number of amides is 3. The van der Waals surface area contributed by atoms with Crippen LogP contribution in [-0.4, -0.2) is 48.1 Å². The van der Waals surface area contributed by atoms with E-state index in [1.54, 1.807) is 0 Å². The molecule has 194 valence electrons. The largest absolute Gasteiger partial charge is 0.394 e. The summed E-state index contributed by atoms with van der Waals surface area (Å²) in [5.74, 6) is -0.333. The van der Waals surface area contributed by atoms with Gasteiger partial charge in [-0.15, -0.1) is 0 Å². The van der Waals surface area contributed by atoms with Crippen LogP contribution in [0.2, 0.25) is 0 Å². The van der Waals surface area contributed by atoms with Gasteiger partial charge in [0.1, 0.15) is 6.04 Å². The number of aliphatic hydroxyl groups is 1. The maximum Gasteiger partial charge on any atom is 0.242 e. The van der Waals surface area contributed by atoms with Crippen LogP contribution in [0.15, 0.2) is 30.3 Å². The van der Waals surface area contributed by atoms with E-state index in [1.807, 2.05) is 44.2 Å². The minimum absolute atomic E-state index is 0.0319. The molecule has 2 aliphatic rings. The van der Waals surface area contributed by atoms with Gasteiger partial charge in [-0.25, -0.2) is 0 Å². The summed E-state index contributed by atoms with van der Waals surface area (Å²) in [5, 5.41) is 19.0. The third-order valence-corrected chi connectivity index (χ3v) is 7.57. The molecule has 2 fully saturated rings. The van der Waals surface area contributed by atoms with E-state index in [2.05, 4.69) is 16.0 Å². The van der Waals surface area contributed by atoms with Crippen molar-refractivity contribution in [1.82, 2.24) is 16.0 Å². The topological polar surface area (TPSA) is 108 Å². The van der Waals surface area contributed by atoms with Gasteiger partial charge in [0, 0.05) is 12.5 Å². The molecular formula is C28H43N3O4. The Morgan fingerprint density at radius 1 is 0.971 bits per heavy atom. The highest BCUT2D eigenvalue weighted by Gasteiger charge is 2.43. The van der Waals surface area contributed by atoms with E-state index in [-0.39, 0.29) is 36.2 Å². The molecular weight excluding hydrogens is 442 g/mol. The Morgan fingerprint density at radius 3 is 2.37 bits per heavy atom. The van der Waals surface area contributed by atoms with Crippen molar-refractivity contribution >= 4 is 17.7 Å². The SMILES string of the molecule is CC(C)C[C@@H]1NC(=O)C(Cc2ccccc2)CCCCCCC2(CCNC2=O)CC(CO)NC1=O. The van der Waals surface area contributed by atoms with Crippen LogP contribution >= 0.6 is 0 Å². The Hall–Kier alpha value is -2.41. The first-order valence-corrected chi connectivity index (χ1v) is 13.4. The van der Waals surface area contributed by atoms with E-state index in [0.29, 0.717) is 25.8 Å². The van der Waals surface area contributed by atoms with Crippen molar-refractivity contribution in [3.8, 4) is 0 Å². The van der Waals surface area contributed by atoms with Gasteiger partial charge < -0.3 is 21.1 Å². The number of carbonyl (C=O) groups is 3. The Morgan fingerprint density at radius 2 is 1.71 bits per heavy atom. The molecule has 1 spiro atoms. The summed E-state index contributed by atoms with van der Waals surface area (Å²) < 4.78 is 0. The van der Waals surface area contributed by atoms with Gasteiger partial charge in [-0.2, -0.15) is 0 Å². The van der Waals surface area contributed by atoms with Crippen molar-refractivity contribution in [2.45, 2.75) is 90.1 Å². The summed E-state index contributed by atoms with van der Waals surface area (Å²) in [5.41, 5.74) is 0.568. The minimum Gasteiger partial charge on any atom is -0.394 e. The number of benzene rings is 1. The van der Waals surface area contributed by atoms with E-state index in [9.17, 15) is 19.5 Å². The van der Waals surface area contributed by atoms with E-state index in [0.717, 1.165) is 50.5 Å². The molecule has 2 aliphatic heterocycles. The quantitative estimate of drug-likeness (QED) is 0.514. The molecule has 3 rings (SSSR count). The summed E-state index contributed by atoms with van der Waals surface area (Å²) >= 11 is 0. The first-order valence-electron chi connectivity index (χ1n) is 13.4. The lowest BCUT2D eigenvalue weighted by molar-refractivity contribution is -0.133. The fraction of sp³-hybridized carbons (Fsp3) is 0.679. The van der Waals surface area contributed by atoms with Crippen molar-refractivity contribution in [3.05, 3.63) is 35.9 Å². The Labute approximate surface area is 209 Å². The highest BCUT2D eigenvalue weighted by molar-refractivity contribution is 5.89. The number of carbonyl (C=O) groups excluding carboxylic acids is 3. The Kier molecular flexibility index (Phi) is 10.1. The summed E-state index contributed by atoms with van der Waals surface area (Å²) in [7, 11) is 0. The third kappa shape index (κ3) is 7.79. The molecule has 3 unspecified atom stereocenters. The maximum absolute atomic E-state index is 13.4.